The minimum absolute atomic E-state index is 0.0387. The van der Waals surface area contributed by atoms with Crippen molar-refractivity contribution in [2.24, 2.45) is 5.73 Å². The number of rotatable bonds is 6. The minimum Gasteiger partial charge on any atom is -0.488 e. The van der Waals surface area contributed by atoms with Gasteiger partial charge in [0.1, 0.15) is 12.4 Å². The minimum atomic E-state index is -0.532. The van der Waals surface area contributed by atoms with E-state index in [1.807, 2.05) is 35.2 Å². The Balaban J connectivity index is 1.23. The van der Waals surface area contributed by atoms with Crippen LogP contribution in [0.4, 0.5) is 0 Å². The third kappa shape index (κ3) is 4.39. The summed E-state index contributed by atoms with van der Waals surface area (Å²) < 4.78 is 5.83. The molecule has 1 aliphatic heterocycles. The van der Waals surface area contributed by atoms with Crippen molar-refractivity contribution in [2.75, 3.05) is 13.1 Å². The monoisotopic (exact) mass is 453 g/mol. The first-order chi connectivity index (χ1) is 16.6. The largest absolute Gasteiger partial charge is 0.488 e. The number of carbonyl (C=O) groups is 2. The molecule has 3 N–H and O–H groups in total. The number of fused-ring (bicyclic) bond motifs is 1. The van der Waals surface area contributed by atoms with Crippen LogP contribution in [0.3, 0.4) is 0 Å². The molecule has 34 heavy (non-hydrogen) atoms. The SMILES string of the molecule is NC(=O)c1ccccc1OCc1cccc(C(=O)N2CCC(c3c[nH]c4ccccc34)CC2)c1. The second-order valence-corrected chi connectivity index (χ2v) is 8.71. The van der Waals surface area contributed by atoms with Gasteiger partial charge >= 0.3 is 0 Å². The number of nitrogens with zero attached hydrogens (tertiary/aromatic N) is 1. The number of ether oxygens (including phenoxy) is 1. The lowest BCUT2D eigenvalue weighted by atomic mass is 9.89. The number of H-pyrrole nitrogens is 1. The summed E-state index contributed by atoms with van der Waals surface area (Å²) in [6, 6.07) is 22.7. The quantitative estimate of drug-likeness (QED) is 0.437. The molecule has 6 nitrogen and oxygen atoms in total. The molecule has 0 aliphatic carbocycles. The number of aromatic nitrogens is 1. The number of aromatic amines is 1. The highest BCUT2D eigenvalue weighted by molar-refractivity contribution is 5.95. The van der Waals surface area contributed by atoms with Gasteiger partial charge in [-0.3, -0.25) is 9.59 Å². The number of para-hydroxylation sites is 2. The molecule has 172 valence electrons. The van der Waals surface area contributed by atoms with Crippen molar-refractivity contribution in [1.82, 2.24) is 9.88 Å². The van der Waals surface area contributed by atoms with Crippen LogP contribution in [-0.2, 0) is 6.61 Å². The molecule has 0 bridgehead atoms. The van der Waals surface area contributed by atoms with E-state index in [1.165, 1.54) is 10.9 Å². The molecule has 0 atom stereocenters. The van der Waals surface area contributed by atoms with Crippen molar-refractivity contribution in [2.45, 2.75) is 25.4 Å². The fourth-order valence-electron chi connectivity index (χ4n) is 4.76. The Hall–Kier alpha value is -4.06. The lowest BCUT2D eigenvalue weighted by Crippen LogP contribution is -2.37. The van der Waals surface area contributed by atoms with Gasteiger partial charge in [0.2, 0.25) is 0 Å². The van der Waals surface area contributed by atoms with E-state index in [4.69, 9.17) is 10.5 Å². The highest BCUT2D eigenvalue weighted by Gasteiger charge is 2.26. The predicted octanol–water partition coefficient (Wildman–Crippen LogP) is 4.87. The van der Waals surface area contributed by atoms with Crippen molar-refractivity contribution in [1.29, 1.82) is 0 Å². The number of likely N-dealkylation sites (tertiary alicyclic amines) is 1. The molecule has 3 aromatic carbocycles. The standard InChI is InChI=1S/C28H27N3O3/c29-27(32)23-9-2-4-11-26(23)34-18-19-6-5-7-21(16-19)28(33)31-14-12-20(13-15-31)24-17-30-25-10-3-1-8-22(24)25/h1-11,16-17,20,30H,12-15,18H2,(H2,29,32). The number of benzene rings is 3. The third-order valence-electron chi connectivity index (χ3n) is 6.56. The van der Waals surface area contributed by atoms with Crippen LogP contribution in [0, 0.1) is 0 Å². The van der Waals surface area contributed by atoms with Gasteiger partial charge in [0.25, 0.3) is 11.8 Å². The molecular weight excluding hydrogens is 426 g/mol. The van der Waals surface area contributed by atoms with E-state index < -0.39 is 5.91 Å². The molecule has 4 aromatic rings. The number of hydrogen-bond donors (Lipinski definition) is 2. The summed E-state index contributed by atoms with van der Waals surface area (Å²) in [6.45, 7) is 1.71. The molecule has 1 aliphatic rings. The number of carbonyl (C=O) groups excluding carboxylic acids is 2. The number of amides is 2. The fraction of sp³-hybridized carbons (Fsp3) is 0.214. The third-order valence-corrected chi connectivity index (χ3v) is 6.56. The van der Waals surface area contributed by atoms with Crippen LogP contribution in [-0.4, -0.2) is 34.8 Å². The molecule has 0 unspecified atom stereocenters. The maximum absolute atomic E-state index is 13.2. The lowest BCUT2D eigenvalue weighted by molar-refractivity contribution is 0.0713. The summed E-state index contributed by atoms with van der Waals surface area (Å²) in [5.74, 6) is 0.392. The van der Waals surface area contributed by atoms with E-state index in [0.29, 0.717) is 22.8 Å². The van der Waals surface area contributed by atoms with Crippen LogP contribution < -0.4 is 10.5 Å². The van der Waals surface area contributed by atoms with Crippen LogP contribution in [0.5, 0.6) is 5.75 Å². The van der Waals surface area contributed by atoms with Crippen molar-refractivity contribution in [3.05, 3.63) is 101 Å². The first-order valence-corrected chi connectivity index (χ1v) is 11.6. The van der Waals surface area contributed by atoms with E-state index in [0.717, 1.165) is 37.0 Å². The highest BCUT2D eigenvalue weighted by atomic mass is 16.5. The van der Waals surface area contributed by atoms with Gasteiger partial charge in [-0.25, -0.2) is 0 Å². The van der Waals surface area contributed by atoms with Crippen LogP contribution in [0.1, 0.15) is 50.6 Å². The zero-order valence-corrected chi connectivity index (χ0v) is 18.9. The van der Waals surface area contributed by atoms with Crippen LogP contribution in [0.2, 0.25) is 0 Å². The lowest BCUT2D eigenvalue weighted by Gasteiger charge is -2.32. The normalized spacial score (nSPS) is 14.3. The maximum Gasteiger partial charge on any atom is 0.253 e. The Bertz CT molecular complexity index is 1340. The number of nitrogens with two attached hydrogens (primary N) is 1. The van der Waals surface area contributed by atoms with Gasteiger partial charge in [-0.05, 0) is 60.2 Å². The molecule has 2 amide bonds. The van der Waals surface area contributed by atoms with E-state index in [9.17, 15) is 9.59 Å². The second kappa shape index (κ2) is 9.43. The maximum atomic E-state index is 13.2. The molecule has 6 heteroatoms. The highest BCUT2D eigenvalue weighted by Crippen LogP contribution is 2.33. The van der Waals surface area contributed by atoms with Crippen LogP contribution >= 0.6 is 0 Å². The van der Waals surface area contributed by atoms with Crippen molar-refractivity contribution in [3.8, 4) is 5.75 Å². The Morgan fingerprint density at radius 1 is 0.971 bits per heavy atom. The van der Waals surface area contributed by atoms with Gasteiger partial charge in [0.15, 0.2) is 0 Å². The predicted molar refractivity (Wildman–Crippen MR) is 132 cm³/mol. The number of hydrogen-bond acceptors (Lipinski definition) is 3. The first-order valence-electron chi connectivity index (χ1n) is 11.6. The zero-order valence-electron chi connectivity index (χ0n) is 18.9. The molecule has 0 radical (unpaired) electrons. The Labute approximate surface area is 198 Å². The van der Waals surface area contributed by atoms with Crippen molar-refractivity contribution >= 4 is 22.7 Å². The van der Waals surface area contributed by atoms with Gasteiger partial charge in [0.05, 0.1) is 5.56 Å². The summed E-state index contributed by atoms with van der Waals surface area (Å²) in [7, 11) is 0. The van der Waals surface area contributed by atoms with Crippen molar-refractivity contribution < 1.29 is 14.3 Å². The summed E-state index contributed by atoms with van der Waals surface area (Å²) >= 11 is 0. The molecule has 1 fully saturated rings. The molecule has 0 spiro atoms. The van der Waals surface area contributed by atoms with Crippen LogP contribution in [0.15, 0.2) is 79.0 Å². The van der Waals surface area contributed by atoms with Gasteiger partial charge in [-0.15, -0.1) is 0 Å². The smallest absolute Gasteiger partial charge is 0.253 e. The molecular formula is C28H27N3O3. The van der Waals surface area contributed by atoms with Gasteiger partial charge in [0, 0.05) is 35.8 Å². The summed E-state index contributed by atoms with van der Waals surface area (Å²) in [5, 5.41) is 1.28. The number of nitrogens with one attached hydrogen (secondary N) is 1. The average Bonchev–Trinajstić information content (AvgIpc) is 3.32. The van der Waals surface area contributed by atoms with Gasteiger partial charge < -0.3 is 20.4 Å². The Morgan fingerprint density at radius 2 is 1.74 bits per heavy atom. The summed E-state index contributed by atoms with van der Waals surface area (Å²) in [4.78, 5) is 30.1. The van der Waals surface area contributed by atoms with Gasteiger partial charge in [-0.2, -0.15) is 0 Å². The molecule has 1 saturated heterocycles. The van der Waals surface area contributed by atoms with Gasteiger partial charge in [-0.1, -0.05) is 42.5 Å². The Kier molecular flexibility index (Phi) is 6.04. The van der Waals surface area contributed by atoms with Crippen molar-refractivity contribution in [3.63, 3.8) is 0 Å². The van der Waals surface area contributed by atoms with E-state index in [-0.39, 0.29) is 12.5 Å². The van der Waals surface area contributed by atoms with E-state index in [1.54, 1.807) is 24.3 Å². The average molecular weight is 454 g/mol. The van der Waals surface area contributed by atoms with E-state index in [2.05, 4.69) is 29.4 Å². The van der Waals surface area contributed by atoms with E-state index >= 15 is 0 Å². The number of primary amides is 1. The van der Waals surface area contributed by atoms with Crippen LogP contribution in [0.25, 0.3) is 10.9 Å². The topological polar surface area (TPSA) is 88.4 Å². The fourth-order valence-corrected chi connectivity index (χ4v) is 4.76. The molecule has 2 heterocycles. The zero-order chi connectivity index (χ0) is 23.5. The summed E-state index contributed by atoms with van der Waals surface area (Å²) in [6.07, 6.45) is 4.01. The first kappa shape index (κ1) is 21.8. The summed E-state index contributed by atoms with van der Waals surface area (Å²) in [5.41, 5.74) is 9.78. The Morgan fingerprint density at radius 3 is 2.56 bits per heavy atom. The molecule has 1 aromatic heterocycles. The number of piperidine rings is 1. The molecule has 5 rings (SSSR count). The second-order valence-electron chi connectivity index (χ2n) is 8.71. The molecule has 0 saturated carbocycles.